The Morgan fingerprint density at radius 3 is 2.75 bits per heavy atom. The van der Waals surface area contributed by atoms with E-state index in [2.05, 4.69) is 5.32 Å². The van der Waals surface area contributed by atoms with Gasteiger partial charge in [0.15, 0.2) is 5.82 Å². The van der Waals surface area contributed by atoms with Crippen molar-refractivity contribution in [1.82, 2.24) is 5.32 Å². The molecule has 0 amide bonds. The van der Waals surface area contributed by atoms with Crippen molar-refractivity contribution in [1.29, 1.82) is 0 Å². The monoisotopic (exact) mass is 281 g/mol. The van der Waals surface area contributed by atoms with Gasteiger partial charge in [0.1, 0.15) is 11.8 Å². The minimum Gasteiger partial charge on any atom is -0.461 e. The van der Waals surface area contributed by atoms with Crippen LogP contribution in [0.1, 0.15) is 12.5 Å². The summed E-state index contributed by atoms with van der Waals surface area (Å²) in [6.45, 7) is 2.49. The van der Waals surface area contributed by atoms with E-state index >= 15 is 0 Å². The number of halogens is 1. The fourth-order valence-electron chi connectivity index (χ4n) is 2.15. The van der Waals surface area contributed by atoms with Gasteiger partial charge < -0.3 is 19.9 Å². The maximum Gasteiger partial charge on any atom is 0.169 e. The van der Waals surface area contributed by atoms with Gasteiger partial charge in [-0.15, -0.1) is 0 Å². The maximum absolute atomic E-state index is 13.4. The Morgan fingerprint density at radius 1 is 1.30 bits per heavy atom. The predicted octanol–water partition coefficient (Wildman–Crippen LogP) is 1.69. The minimum absolute atomic E-state index is 0.0393. The zero-order valence-electron chi connectivity index (χ0n) is 11.5. The van der Waals surface area contributed by atoms with Gasteiger partial charge in [-0.2, -0.15) is 0 Å². The lowest BCUT2D eigenvalue weighted by molar-refractivity contribution is 0.146. The summed E-state index contributed by atoms with van der Waals surface area (Å²) in [5, 5.41) is 21.8. The first kappa shape index (κ1) is 15.0. The fourth-order valence-corrected chi connectivity index (χ4v) is 2.15. The van der Waals surface area contributed by atoms with Crippen LogP contribution in [0.4, 0.5) is 4.39 Å². The molecule has 0 aliphatic rings. The van der Waals surface area contributed by atoms with E-state index in [1.165, 1.54) is 0 Å². The number of aliphatic hydroxyl groups excluding tert-OH is 2. The first-order valence-corrected chi connectivity index (χ1v) is 6.74. The average molecular weight is 281 g/mol. The molecule has 4 nitrogen and oxygen atoms in total. The second kappa shape index (κ2) is 6.83. The van der Waals surface area contributed by atoms with Gasteiger partial charge in [-0.1, -0.05) is 6.07 Å². The summed E-state index contributed by atoms with van der Waals surface area (Å²) in [5.74, 6) is -0.491. The number of rotatable bonds is 7. The van der Waals surface area contributed by atoms with Crippen molar-refractivity contribution < 1.29 is 19.0 Å². The second-order valence-corrected chi connectivity index (χ2v) is 5.16. The van der Waals surface area contributed by atoms with E-state index in [9.17, 15) is 4.39 Å². The van der Waals surface area contributed by atoms with Crippen LogP contribution < -0.4 is 5.32 Å². The molecule has 0 aliphatic heterocycles. The van der Waals surface area contributed by atoms with E-state index in [-0.39, 0.29) is 31.0 Å². The highest BCUT2D eigenvalue weighted by Crippen LogP contribution is 2.21. The van der Waals surface area contributed by atoms with E-state index in [1.54, 1.807) is 12.1 Å². The maximum atomic E-state index is 13.4. The molecule has 2 rings (SSSR count). The molecule has 0 spiro atoms. The number of aliphatic hydroxyl groups is 2. The van der Waals surface area contributed by atoms with Gasteiger partial charge in [-0.05, 0) is 31.0 Å². The number of hydrogen-bond donors (Lipinski definition) is 3. The third-order valence-electron chi connectivity index (χ3n) is 3.40. The lowest BCUT2D eigenvalue weighted by atomic mass is 10.0. The Kier molecular flexibility index (Phi) is 5.11. The number of nitrogens with one attached hydrogen (secondary N) is 1. The van der Waals surface area contributed by atoms with Crippen LogP contribution in [0.15, 0.2) is 28.9 Å². The molecule has 1 atom stereocenters. The van der Waals surface area contributed by atoms with Crippen LogP contribution in [0.25, 0.3) is 11.0 Å². The molecule has 0 saturated carbocycles. The quantitative estimate of drug-likeness (QED) is 0.722. The Bertz CT molecular complexity index is 551. The molecule has 1 aromatic carbocycles. The highest BCUT2D eigenvalue weighted by Gasteiger charge is 2.10. The first-order valence-electron chi connectivity index (χ1n) is 6.74. The van der Waals surface area contributed by atoms with E-state index < -0.39 is 0 Å². The number of hydrogen-bond acceptors (Lipinski definition) is 4. The van der Waals surface area contributed by atoms with Gasteiger partial charge in [0.2, 0.25) is 0 Å². The van der Waals surface area contributed by atoms with Crippen LogP contribution in [-0.4, -0.2) is 36.0 Å². The third-order valence-corrected chi connectivity index (χ3v) is 3.40. The highest BCUT2D eigenvalue weighted by molar-refractivity contribution is 5.78. The standard InChI is InChI=1S/C15H20FNO3/c1-10(17-6-12(7-18)8-19)4-11-2-3-15-13(5-11)14(16)9-20-15/h2-3,5,9-10,12,17-19H,4,6-8H2,1H3. The zero-order valence-corrected chi connectivity index (χ0v) is 11.5. The van der Waals surface area contributed by atoms with Crippen LogP contribution in [-0.2, 0) is 6.42 Å². The normalized spacial score (nSPS) is 13.2. The number of benzene rings is 1. The van der Waals surface area contributed by atoms with E-state index in [4.69, 9.17) is 14.6 Å². The summed E-state index contributed by atoms with van der Waals surface area (Å²) in [7, 11) is 0. The summed E-state index contributed by atoms with van der Waals surface area (Å²) in [6, 6.07) is 5.65. The zero-order chi connectivity index (χ0) is 14.5. The molecule has 1 heterocycles. The molecular formula is C15H20FNO3. The summed E-state index contributed by atoms with van der Waals surface area (Å²) in [5.41, 5.74) is 1.56. The van der Waals surface area contributed by atoms with Gasteiger partial charge in [-0.25, -0.2) is 4.39 Å². The molecule has 0 radical (unpaired) electrons. The minimum atomic E-state index is -0.344. The van der Waals surface area contributed by atoms with Crippen molar-refractivity contribution in [2.45, 2.75) is 19.4 Å². The molecule has 0 fully saturated rings. The average Bonchev–Trinajstić information content (AvgIpc) is 2.81. The predicted molar refractivity (Wildman–Crippen MR) is 75.0 cm³/mol. The molecule has 2 aromatic rings. The smallest absolute Gasteiger partial charge is 0.169 e. The number of fused-ring (bicyclic) bond motifs is 1. The van der Waals surface area contributed by atoms with Crippen LogP contribution >= 0.6 is 0 Å². The van der Waals surface area contributed by atoms with Gasteiger partial charge in [-0.3, -0.25) is 0 Å². The van der Waals surface area contributed by atoms with Crippen molar-refractivity contribution in [2.24, 2.45) is 5.92 Å². The van der Waals surface area contributed by atoms with Gasteiger partial charge in [0, 0.05) is 31.7 Å². The molecule has 20 heavy (non-hydrogen) atoms. The summed E-state index contributed by atoms with van der Waals surface area (Å²) < 4.78 is 18.5. The lowest BCUT2D eigenvalue weighted by Gasteiger charge is -2.17. The molecule has 3 N–H and O–H groups in total. The Morgan fingerprint density at radius 2 is 2.05 bits per heavy atom. The summed E-state index contributed by atoms with van der Waals surface area (Å²) >= 11 is 0. The Labute approximate surface area is 117 Å². The van der Waals surface area contributed by atoms with E-state index in [1.807, 2.05) is 13.0 Å². The van der Waals surface area contributed by atoms with Crippen molar-refractivity contribution in [2.75, 3.05) is 19.8 Å². The Hall–Kier alpha value is -1.43. The van der Waals surface area contributed by atoms with Crippen molar-refractivity contribution in [3.05, 3.63) is 35.8 Å². The van der Waals surface area contributed by atoms with Gasteiger partial charge in [0.05, 0.1) is 5.39 Å². The molecule has 1 unspecified atom stereocenters. The van der Waals surface area contributed by atoms with Crippen LogP contribution in [0, 0.1) is 11.7 Å². The topological polar surface area (TPSA) is 65.6 Å². The second-order valence-electron chi connectivity index (χ2n) is 5.16. The molecule has 110 valence electrons. The van der Waals surface area contributed by atoms with Crippen LogP contribution in [0.3, 0.4) is 0 Å². The summed E-state index contributed by atoms with van der Waals surface area (Å²) in [6.07, 6.45) is 1.85. The fraction of sp³-hybridized carbons (Fsp3) is 0.467. The molecule has 1 aromatic heterocycles. The molecule has 0 aliphatic carbocycles. The Balaban J connectivity index is 1.95. The van der Waals surface area contributed by atoms with Crippen molar-refractivity contribution in [3.63, 3.8) is 0 Å². The van der Waals surface area contributed by atoms with Crippen LogP contribution in [0.5, 0.6) is 0 Å². The molecule has 5 heteroatoms. The molecule has 0 saturated heterocycles. The third kappa shape index (κ3) is 3.56. The largest absolute Gasteiger partial charge is 0.461 e. The van der Waals surface area contributed by atoms with Gasteiger partial charge >= 0.3 is 0 Å². The molecule has 0 bridgehead atoms. The SMILES string of the molecule is CC(Cc1ccc2occ(F)c2c1)NCC(CO)CO. The summed E-state index contributed by atoms with van der Waals surface area (Å²) in [4.78, 5) is 0. The van der Waals surface area contributed by atoms with Gasteiger partial charge in [0.25, 0.3) is 0 Å². The number of furan rings is 1. The van der Waals surface area contributed by atoms with Crippen molar-refractivity contribution >= 4 is 11.0 Å². The molecular weight excluding hydrogens is 261 g/mol. The van der Waals surface area contributed by atoms with Crippen molar-refractivity contribution in [3.8, 4) is 0 Å². The highest BCUT2D eigenvalue weighted by atomic mass is 19.1. The first-order chi connectivity index (χ1) is 9.63. The van der Waals surface area contributed by atoms with E-state index in [0.717, 1.165) is 18.2 Å². The lowest BCUT2D eigenvalue weighted by Crippen LogP contribution is -2.35. The van der Waals surface area contributed by atoms with Crippen LogP contribution in [0.2, 0.25) is 0 Å². The van der Waals surface area contributed by atoms with E-state index in [0.29, 0.717) is 17.5 Å².